The summed E-state index contributed by atoms with van der Waals surface area (Å²) in [4.78, 5) is 12.7. The molecule has 1 rings (SSSR count). The molecule has 0 amide bonds. The van der Waals surface area contributed by atoms with Crippen LogP contribution in [0.25, 0.3) is 10.4 Å². The predicted octanol–water partition coefficient (Wildman–Crippen LogP) is 4.37. The first-order valence-electron chi connectivity index (χ1n) is 7.22. The van der Waals surface area contributed by atoms with Crippen molar-refractivity contribution >= 4 is 40.3 Å². The van der Waals surface area contributed by atoms with E-state index < -0.39 is 11.4 Å². The summed E-state index contributed by atoms with van der Waals surface area (Å²) in [7, 11) is 0. The molecule has 25 heavy (non-hydrogen) atoms. The fourth-order valence-corrected chi connectivity index (χ4v) is 2.06. The number of aliphatic hydroxyl groups is 1. The van der Waals surface area contributed by atoms with Gasteiger partial charge in [-0.1, -0.05) is 47.7 Å². The number of benzene rings is 1. The molecule has 0 aromatic heterocycles. The average Bonchev–Trinajstić information content (AvgIpc) is 2.60. The van der Waals surface area contributed by atoms with Crippen LogP contribution in [-0.4, -0.2) is 32.6 Å². The first-order valence-corrected chi connectivity index (χ1v) is 8.04. The summed E-state index contributed by atoms with van der Waals surface area (Å²) in [5, 5.41) is 29.2. The molecule has 0 heterocycles. The molecule has 7 nitrogen and oxygen atoms in total. The first kappa shape index (κ1) is 22.5. The lowest BCUT2D eigenvalue weighted by molar-refractivity contribution is -0.136. The van der Waals surface area contributed by atoms with E-state index in [0.29, 0.717) is 17.7 Å². The van der Waals surface area contributed by atoms with Crippen molar-refractivity contribution < 1.29 is 15.0 Å². The quantitative estimate of drug-likeness (QED) is 0.227. The Balaban J connectivity index is 0.000000609. The van der Waals surface area contributed by atoms with Crippen molar-refractivity contribution in [3.8, 4) is 6.07 Å². The lowest BCUT2D eigenvalue weighted by Gasteiger charge is -2.22. The number of rotatable bonds is 8. The Morgan fingerprint density at radius 1 is 1.32 bits per heavy atom. The fourth-order valence-electron chi connectivity index (χ4n) is 1.68. The van der Waals surface area contributed by atoms with Gasteiger partial charge in [0.2, 0.25) is 0 Å². The van der Waals surface area contributed by atoms with Crippen molar-refractivity contribution in [3.63, 3.8) is 0 Å². The van der Waals surface area contributed by atoms with Gasteiger partial charge in [-0.05, 0) is 36.7 Å². The second-order valence-electron chi connectivity index (χ2n) is 5.13. The van der Waals surface area contributed by atoms with Crippen molar-refractivity contribution in [2.45, 2.75) is 26.2 Å². The number of aliphatic carboxylic acids is 1. The van der Waals surface area contributed by atoms with Crippen molar-refractivity contribution in [1.29, 1.82) is 5.26 Å². The summed E-state index contributed by atoms with van der Waals surface area (Å²) in [6.45, 7) is 1.81. The maximum absolute atomic E-state index is 9.69. The van der Waals surface area contributed by atoms with Crippen LogP contribution < -0.4 is 0 Å². The molecule has 0 saturated carbocycles. The van der Waals surface area contributed by atoms with E-state index in [9.17, 15) is 10.1 Å². The van der Waals surface area contributed by atoms with E-state index in [1.165, 1.54) is 0 Å². The lowest BCUT2D eigenvalue weighted by Crippen LogP contribution is -2.26. The molecule has 1 atom stereocenters. The van der Waals surface area contributed by atoms with E-state index in [2.05, 4.69) is 28.3 Å². The molecule has 0 fully saturated rings. The van der Waals surface area contributed by atoms with Crippen molar-refractivity contribution in [2.24, 2.45) is 10.5 Å². The highest BCUT2D eigenvalue weighted by Gasteiger charge is 2.30. The number of nitrogens with zero attached hydrogens (tertiary/aromatic N) is 4. The van der Waals surface area contributed by atoms with Crippen LogP contribution in [0.3, 0.4) is 0 Å². The lowest BCUT2D eigenvalue weighted by atomic mass is 9.81. The summed E-state index contributed by atoms with van der Waals surface area (Å²) < 4.78 is 0. The van der Waals surface area contributed by atoms with Crippen LogP contribution in [0.15, 0.2) is 35.4 Å². The molecular formula is C16H18N4O3S2. The number of carbonyl (C=O) groups is 1. The second kappa shape index (κ2) is 11.9. The Labute approximate surface area is 156 Å². The summed E-state index contributed by atoms with van der Waals surface area (Å²) >= 11 is 9.98. The second-order valence-corrected chi connectivity index (χ2v) is 6.01. The van der Waals surface area contributed by atoms with Crippen LogP contribution in [0, 0.1) is 16.7 Å². The van der Waals surface area contributed by atoms with Gasteiger partial charge in [0.15, 0.2) is 5.05 Å². The molecule has 1 aromatic carbocycles. The number of azide groups is 1. The average molecular weight is 378 g/mol. The molecule has 0 aliphatic carbocycles. The highest BCUT2D eigenvalue weighted by atomic mass is 32.1. The topological polar surface area (TPSA) is 130 Å². The van der Waals surface area contributed by atoms with Crippen LogP contribution in [-0.2, 0) is 4.79 Å². The van der Waals surface area contributed by atoms with Gasteiger partial charge in [0, 0.05) is 22.7 Å². The van der Waals surface area contributed by atoms with Crippen molar-refractivity contribution in [1.82, 2.24) is 0 Å². The zero-order chi connectivity index (χ0) is 19.3. The van der Waals surface area contributed by atoms with Gasteiger partial charge in [-0.15, -0.1) is 0 Å². The van der Waals surface area contributed by atoms with Crippen LogP contribution in [0.4, 0.5) is 0 Å². The Morgan fingerprint density at radius 2 is 1.92 bits per heavy atom. The third-order valence-electron chi connectivity index (χ3n) is 3.11. The van der Waals surface area contributed by atoms with Gasteiger partial charge in [0.05, 0.1) is 17.9 Å². The highest BCUT2D eigenvalue weighted by molar-refractivity contribution is 7.81. The molecule has 9 heteroatoms. The van der Waals surface area contributed by atoms with Crippen molar-refractivity contribution in [2.75, 3.05) is 6.54 Å². The molecule has 0 aliphatic rings. The number of carboxylic acids is 1. The van der Waals surface area contributed by atoms with Crippen LogP contribution in [0.5, 0.6) is 0 Å². The fraction of sp³-hybridized carbons (Fsp3) is 0.375. The predicted molar refractivity (Wildman–Crippen MR) is 103 cm³/mol. The van der Waals surface area contributed by atoms with Gasteiger partial charge < -0.3 is 10.2 Å². The van der Waals surface area contributed by atoms with E-state index in [1.807, 2.05) is 30.3 Å². The SMILES string of the molecule is CC(C#N)(CCC(O)=S)C(=S)c1ccccc1.[N-]=[N+]=NCCC(=O)O. The monoisotopic (exact) mass is 378 g/mol. The van der Waals surface area contributed by atoms with Gasteiger partial charge in [-0.25, -0.2) is 0 Å². The number of carboxylic acid groups (broad SMARTS) is 1. The van der Waals surface area contributed by atoms with Gasteiger partial charge in [0.1, 0.15) is 0 Å². The van der Waals surface area contributed by atoms with E-state index in [-0.39, 0.29) is 18.0 Å². The number of nitriles is 1. The molecule has 1 unspecified atom stereocenters. The van der Waals surface area contributed by atoms with E-state index in [4.69, 9.17) is 28.0 Å². The van der Waals surface area contributed by atoms with Gasteiger partial charge in [-0.3, -0.25) is 4.79 Å². The Morgan fingerprint density at radius 3 is 2.36 bits per heavy atom. The first-order chi connectivity index (χ1) is 11.8. The van der Waals surface area contributed by atoms with Crippen LogP contribution in [0.2, 0.25) is 0 Å². The zero-order valence-corrected chi connectivity index (χ0v) is 15.3. The summed E-state index contributed by atoms with van der Waals surface area (Å²) in [6, 6.07) is 11.7. The highest BCUT2D eigenvalue weighted by Crippen LogP contribution is 2.28. The number of hydrogen-bond acceptors (Lipinski definition) is 5. The molecule has 1 aromatic rings. The van der Waals surface area contributed by atoms with E-state index in [0.717, 1.165) is 5.56 Å². The maximum Gasteiger partial charge on any atom is 0.303 e. The molecule has 0 aliphatic heterocycles. The van der Waals surface area contributed by atoms with E-state index >= 15 is 0 Å². The molecule has 0 bridgehead atoms. The molecule has 0 saturated heterocycles. The molecule has 2 N–H and O–H groups in total. The molecule has 0 spiro atoms. The Bertz CT molecular complexity index is 695. The van der Waals surface area contributed by atoms with Crippen LogP contribution in [0.1, 0.15) is 31.7 Å². The van der Waals surface area contributed by atoms with Gasteiger partial charge >= 0.3 is 5.97 Å². The van der Waals surface area contributed by atoms with E-state index in [1.54, 1.807) is 6.92 Å². The molecular weight excluding hydrogens is 360 g/mol. The largest absolute Gasteiger partial charge is 0.502 e. The third kappa shape index (κ3) is 9.37. The van der Waals surface area contributed by atoms with Crippen LogP contribution >= 0.6 is 24.4 Å². The normalized spacial score (nSPS) is 11.5. The van der Waals surface area contributed by atoms with Gasteiger partial charge in [0.25, 0.3) is 0 Å². The smallest absolute Gasteiger partial charge is 0.303 e. The van der Waals surface area contributed by atoms with Crippen molar-refractivity contribution in [3.05, 3.63) is 46.3 Å². The summed E-state index contributed by atoms with van der Waals surface area (Å²) in [5.41, 5.74) is 7.74. The molecule has 0 radical (unpaired) electrons. The maximum atomic E-state index is 9.69. The minimum Gasteiger partial charge on any atom is -0.502 e. The Hall–Kier alpha value is -2.53. The number of aliphatic hydroxyl groups excluding tert-OH is 1. The van der Waals surface area contributed by atoms with Gasteiger partial charge in [-0.2, -0.15) is 5.26 Å². The summed E-state index contributed by atoms with van der Waals surface area (Å²) in [6.07, 6.45) is 0.656. The molecule has 132 valence electrons. The number of thiocarbonyl (C=S) groups is 2. The zero-order valence-electron chi connectivity index (χ0n) is 13.6. The standard InChI is InChI=1S/C13H13NOS2.C3H5N3O2/c1-13(9-14,8-7-11(15)16)12(17)10-5-3-2-4-6-10;4-6-5-2-1-3(7)8/h2-6H,7-8H2,1H3,(H,15,16);1-2H2,(H,7,8). The summed E-state index contributed by atoms with van der Waals surface area (Å²) in [5.74, 6) is -0.947. The Kier molecular flexibility index (Phi) is 10.7. The number of hydrogen-bond donors (Lipinski definition) is 2. The minimum atomic E-state index is -0.947. The minimum absolute atomic E-state index is 0.0336. The third-order valence-corrected chi connectivity index (χ3v) is 4.00.